The first-order chi connectivity index (χ1) is 15.4. The Labute approximate surface area is 187 Å². The molecule has 1 amide bonds. The van der Waals surface area contributed by atoms with Gasteiger partial charge in [0.05, 0.1) is 12.8 Å². The summed E-state index contributed by atoms with van der Waals surface area (Å²) in [6.45, 7) is 3.44. The average molecular weight is 435 g/mol. The highest BCUT2D eigenvalue weighted by Gasteiger charge is 2.18. The van der Waals surface area contributed by atoms with Gasteiger partial charge in [-0.05, 0) is 42.2 Å². The van der Waals surface area contributed by atoms with Gasteiger partial charge < -0.3 is 9.64 Å². The number of rotatable bonds is 8. The van der Waals surface area contributed by atoms with Crippen LogP contribution in [0.5, 0.6) is 5.88 Å². The summed E-state index contributed by atoms with van der Waals surface area (Å²) in [4.78, 5) is 30.1. The molecule has 32 heavy (non-hydrogen) atoms. The van der Waals surface area contributed by atoms with Crippen LogP contribution in [0.1, 0.15) is 41.3 Å². The Balaban J connectivity index is 1.76. The van der Waals surface area contributed by atoms with E-state index in [9.17, 15) is 14.0 Å². The van der Waals surface area contributed by atoms with E-state index in [0.29, 0.717) is 36.3 Å². The number of benzene rings is 2. The van der Waals surface area contributed by atoms with Gasteiger partial charge in [-0.3, -0.25) is 9.59 Å². The van der Waals surface area contributed by atoms with Crippen molar-refractivity contribution >= 4 is 17.4 Å². The van der Waals surface area contributed by atoms with Gasteiger partial charge in [0.25, 0.3) is 0 Å². The number of nitrogens with zero attached hydrogens (tertiary/aromatic N) is 2. The molecule has 166 valence electrons. The van der Waals surface area contributed by atoms with E-state index in [1.54, 1.807) is 58.5 Å². The second-order valence-electron chi connectivity index (χ2n) is 7.55. The van der Waals surface area contributed by atoms with Crippen LogP contribution in [0.4, 0.5) is 10.1 Å². The zero-order chi connectivity index (χ0) is 23.3. The van der Waals surface area contributed by atoms with Crippen molar-refractivity contribution in [2.24, 2.45) is 0 Å². The third kappa shape index (κ3) is 4.85. The van der Waals surface area contributed by atoms with Crippen LogP contribution < -0.4 is 9.64 Å². The molecular formula is C26H27FN2O3. The Bertz CT molecular complexity index is 1130. The van der Waals surface area contributed by atoms with Crippen molar-refractivity contribution in [3.63, 3.8) is 0 Å². The highest BCUT2D eigenvalue weighted by Crippen LogP contribution is 2.31. The quantitative estimate of drug-likeness (QED) is 0.446. The Kier molecular flexibility index (Phi) is 7.36. The number of ketones is 1. The summed E-state index contributed by atoms with van der Waals surface area (Å²) in [5.74, 6) is -0.0246. The number of anilines is 1. The minimum Gasteiger partial charge on any atom is -0.481 e. The van der Waals surface area contributed by atoms with Gasteiger partial charge >= 0.3 is 0 Å². The Morgan fingerprint density at radius 1 is 1.09 bits per heavy atom. The first-order valence-electron chi connectivity index (χ1n) is 10.5. The van der Waals surface area contributed by atoms with Crippen molar-refractivity contribution in [1.82, 2.24) is 4.98 Å². The van der Waals surface area contributed by atoms with E-state index in [1.165, 1.54) is 4.90 Å². The molecule has 1 aromatic heterocycles. The molecule has 0 saturated heterocycles. The van der Waals surface area contributed by atoms with Crippen molar-refractivity contribution in [3.8, 4) is 17.0 Å². The molecule has 1 heterocycles. The molecule has 0 aliphatic heterocycles. The van der Waals surface area contributed by atoms with E-state index in [1.807, 2.05) is 24.3 Å². The van der Waals surface area contributed by atoms with Gasteiger partial charge in [0, 0.05) is 37.2 Å². The second-order valence-corrected chi connectivity index (χ2v) is 7.55. The number of pyridine rings is 1. The van der Waals surface area contributed by atoms with Crippen LogP contribution in [0, 0.1) is 12.7 Å². The summed E-state index contributed by atoms with van der Waals surface area (Å²) < 4.78 is 20.2. The van der Waals surface area contributed by atoms with Crippen LogP contribution in [-0.2, 0) is 11.2 Å². The smallest absolute Gasteiger partial charge is 0.226 e. The number of amides is 1. The number of hydrogen-bond donors (Lipinski definition) is 0. The minimum atomic E-state index is -0.419. The molecule has 0 aliphatic rings. The predicted molar refractivity (Wildman–Crippen MR) is 124 cm³/mol. The van der Waals surface area contributed by atoms with Gasteiger partial charge in [-0.25, -0.2) is 9.37 Å². The number of methoxy groups -OCH3 is 1. The number of aromatic nitrogens is 1. The number of halogens is 1. The molecule has 0 radical (unpaired) electrons. The fraction of sp³-hybridized carbons (Fsp3) is 0.269. The van der Waals surface area contributed by atoms with Gasteiger partial charge in [-0.15, -0.1) is 0 Å². The van der Waals surface area contributed by atoms with Crippen LogP contribution in [0.3, 0.4) is 0 Å². The van der Waals surface area contributed by atoms with Gasteiger partial charge in [-0.2, -0.15) is 0 Å². The lowest BCUT2D eigenvalue weighted by molar-refractivity contribution is -0.118. The number of aryl methyl sites for hydroxylation is 1. The maximum absolute atomic E-state index is 15.0. The van der Waals surface area contributed by atoms with Crippen LogP contribution >= 0.6 is 0 Å². The zero-order valence-electron chi connectivity index (χ0n) is 18.8. The second kappa shape index (κ2) is 10.2. The lowest BCUT2D eigenvalue weighted by Gasteiger charge is -2.19. The van der Waals surface area contributed by atoms with Gasteiger partial charge in [0.15, 0.2) is 5.78 Å². The number of carbonyl (C=O) groups is 2. The number of hydrogen-bond acceptors (Lipinski definition) is 4. The highest BCUT2D eigenvalue weighted by atomic mass is 19.1. The number of ether oxygens (including phenoxy) is 1. The van der Waals surface area contributed by atoms with Crippen molar-refractivity contribution in [3.05, 3.63) is 77.2 Å². The molecule has 0 bridgehead atoms. The largest absolute Gasteiger partial charge is 0.481 e. The molecule has 6 heteroatoms. The fourth-order valence-electron chi connectivity index (χ4n) is 3.64. The number of carbonyl (C=O) groups excluding carboxylic acids is 2. The molecule has 0 unspecified atom stereocenters. The molecule has 3 rings (SSSR count). The molecular weight excluding hydrogens is 407 g/mol. The predicted octanol–water partition coefficient (Wildman–Crippen LogP) is 5.39. The molecule has 3 aromatic rings. The van der Waals surface area contributed by atoms with E-state index in [2.05, 4.69) is 4.98 Å². The summed E-state index contributed by atoms with van der Waals surface area (Å²) >= 11 is 0. The normalized spacial score (nSPS) is 10.7. The third-order valence-electron chi connectivity index (χ3n) is 5.59. The average Bonchev–Trinajstić information content (AvgIpc) is 2.83. The summed E-state index contributed by atoms with van der Waals surface area (Å²) in [7, 11) is 3.13. The molecule has 0 N–H and O–H groups in total. The van der Waals surface area contributed by atoms with Gasteiger partial charge in [0.1, 0.15) is 5.82 Å². The summed E-state index contributed by atoms with van der Waals surface area (Å²) in [5, 5.41) is 0. The topological polar surface area (TPSA) is 59.5 Å². The van der Waals surface area contributed by atoms with Crippen LogP contribution in [0.2, 0.25) is 0 Å². The van der Waals surface area contributed by atoms with Crippen LogP contribution in [-0.4, -0.2) is 30.8 Å². The van der Waals surface area contributed by atoms with E-state index in [-0.39, 0.29) is 17.4 Å². The molecule has 0 spiro atoms. The third-order valence-corrected chi connectivity index (χ3v) is 5.59. The standard InChI is InChI=1S/C26H27FN2O3/c1-5-24(31)29(3)22-14-13-21(17(2)25(22)27)18-8-10-19(11-9-18)23(30)15-12-20-7-6-16-28-26(20)32-4/h6-11,13-14,16H,5,12,15H2,1-4H3. The van der Waals surface area contributed by atoms with Crippen molar-refractivity contribution in [1.29, 1.82) is 0 Å². The van der Waals surface area contributed by atoms with E-state index in [0.717, 1.165) is 16.7 Å². The molecule has 2 aromatic carbocycles. The van der Waals surface area contributed by atoms with E-state index >= 15 is 0 Å². The fourth-order valence-corrected chi connectivity index (χ4v) is 3.64. The first-order valence-corrected chi connectivity index (χ1v) is 10.5. The molecule has 0 aliphatic carbocycles. The first kappa shape index (κ1) is 23.1. The summed E-state index contributed by atoms with van der Waals surface area (Å²) in [6.07, 6.45) is 2.83. The Morgan fingerprint density at radius 2 is 1.81 bits per heavy atom. The summed E-state index contributed by atoms with van der Waals surface area (Å²) in [6, 6.07) is 14.3. The highest BCUT2D eigenvalue weighted by molar-refractivity contribution is 5.97. The summed E-state index contributed by atoms with van der Waals surface area (Å²) in [5.41, 5.74) is 3.74. The maximum Gasteiger partial charge on any atom is 0.226 e. The van der Waals surface area contributed by atoms with Gasteiger partial charge in [-0.1, -0.05) is 43.3 Å². The molecule has 0 atom stereocenters. The number of Topliss-reactive ketones (excluding diaryl/α,β-unsaturated/α-hetero) is 1. The van der Waals surface area contributed by atoms with Gasteiger partial charge in [0.2, 0.25) is 11.8 Å². The zero-order valence-corrected chi connectivity index (χ0v) is 18.8. The molecule has 0 fully saturated rings. The maximum atomic E-state index is 15.0. The molecule has 5 nitrogen and oxygen atoms in total. The van der Waals surface area contributed by atoms with Crippen molar-refractivity contribution < 1.29 is 18.7 Å². The van der Waals surface area contributed by atoms with Crippen molar-refractivity contribution in [2.75, 3.05) is 19.1 Å². The Morgan fingerprint density at radius 3 is 2.47 bits per heavy atom. The monoisotopic (exact) mass is 434 g/mol. The molecule has 0 saturated carbocycles. The Hall–Kier alpha value is -3.54. The van der Waals surface area contributed by atoms with Crippen molar-refractivity contribution in [2.45, 2.75) is 33.1 Å². The van der Waals surface area contributed by atoms with Crippen LogP contribution in [0.25, 0.3) is 11.1 Å². The minimum absolute atomic E-state index is 0.0143. The SMILES string of the molecule is CCC(=O)N(C)c1ccc(-c2ccc(C(=O)CCc3cccnc3OC)cc2)c(C)c1F. The lowest BCUT2D eigenvalue weighted by atomic mass is 9.96. The lowest BCUT2D eigenvalue weighted by Crippen LogP contribution is -2.26. The van der Waals surface area contributed by atoms with E-state index in [4.69, 9.17) is 4.74 Å². The van der Waals surface area contributed by atoms with E-state index < -0.39 is 5.82 Å². The van der Waals surface area contributed by atoms with Crippen LogP contribution in [0.15, 0.2) is 54.7 Å².